The number of sulfonamides is 1. The van der Waals surface area contributed by atoms with Gasteiger partial charge in [-0.2, -0.15) is 12.8 Å². The lowest BCUT2D eigenvalue weighted by Crippen LogP contribution is -1.95. The van der Waals surface area contributed by atoms with Gasteiger partial charge in [-0.25, -0.2) is 0 Å². The molecule has 0 amide bonds. The number of phenolic OH excluding ortho intramolecular Hbond substituents is 1. The molecule has 0 aliphatic heterocycles. The first kappa shape index (κ1) is 15.0. The third-order valence-corrected chi connectivity index (χ3v) is 5.57. The first-order chi connectivity index (χ1) is 9.44. The van der Waals surface area contributed by atoms with E-state index in [-0.39, 0.29) is 15.7 Å². The van der Waals surface area contributed by atoms with Crippen LogP contribution in [-0.4, -0.2) is 26.8 Å². The Labute approximate surface area is 128 Å². The summed E-state index contributed by atoms with van der Waals surface area (Å²) < 4.78 is 33.0. The molecule has 5 nitrogen and oxygen atoms in total. The monoisotopic (exact) mass is 375 g/mol. The Morgan fingerprint density at radius 2 is 2.20 bits per heavy atom. The van der Waals surface area contributed by atoms with Crippen LogP contribution >= 0.6 is 27.3 Å². The predicted molar refractivity (Wildman–Crippen MR) is 81.5 cm³/mol. The zero-order valence-electron chi connectivity index (χ0n) is 10.3. The molecule has 0 saturated heterocycles. The standard InChI is InChI=1S/C12H10BrNO4S2/c1-18-10-6-8(5-9(13)12(10)15)7-14-20(16,17)11-3-2-4-19-11/h2-7,15H,1H3/b14-7-. The fourth-order valence-electron chi connectivity index (χ4n) is 1.42. The molecule has 1 aromatic carbocycles. The minimum Gasteiger partial charge on any atom is -0.503 e. The van der Waals surface area contributed by atoms with E-state index >= 15 is 0 Å². The average Bonchev–Trinajstić information content (AvgIpc) is 2.95. The summed E-state index contributed by atoms with van der Waals surface area (Å²) in [5, 5.41) is 11.3. The third kappa shape index (κ3) is 3.20. The molecule has 1 heterocycles. The van der Waals surface area contributed by atoms with Gasteiger partial charge in [-0.1, -0.05) is 6.07 Å². The molecule has 0 atom stereocenters. The number of hydrogen-bond acceptors (Lipinski definition) is 5. The Morgan fingerprint density at radius 3 is 2.80 bits per heavy atom. The second-order valence-corrected chi connectivity index (χ2v) is 7.36. The molecule has 8 heteroatoms. The molecule has 106 valence electrons. The average molecular weight is 376 g/mol. The molecular weight excluding hydrogens is 366 g/mol. The van der Waals surface area contributed by atoms with Gasteiger partial charge in [0, 0.05) is 6.21 Å². The molecule has 20 heavy (non-hydrogen) atoms. The molecule has 2 rings (SSSR count). The van der Waals surface area contributed by atoms with Crippen molar-refractivity contribution in [1.82, 2.24) is 0 Å². The van der Waals surface area contributed by atoms with E-state index in [0.29, 0.717) is 10.0 Å². The van der Waals surface area contributed by atoms with Gasteiger partial charge < -0.3 is 9.84 Å². The molecule has 1 N–H and O–H groups in total. The highest BCUT2D eigenvalue weighted by Gasteiger charge is 2.13. The highest BCUT2D eigenvalue weighted by Crippen LogP contribution is 2.34. The SMILES string of the molecule is COc1cc(/C=N\S(=O)(=O)c2cccs2)cc(Br)c1O. The number of hydrogen-bond donors (Lipinski definition) is 1. The Bertz CT molecular complexity index is 739. The predicted octanol–water partition coefficient (Wildman–Crippen LogP) is 3.03. The van der Waals surface area contributed by atoms with E-state index < -0.39 is 10.0 Å². The number of halogens is 1. The molecule has 0 aliphatic carbocycles. The molecule has 2 aromatic rings. The zero-order chi connectivity index (χ0) is 14.8. The topological polar surface area (TPSA) is 76.0 Å². The summed E-state index contributed by atoms with van der Waals surface area (Å²) in [5.41, 5.74) is 0.492. The van der Waals surface area contributed by atoms with Gasteiger partial charge in [0.2, 0.25) is 0 Å². The van der Waals surface area contributed by atoms with Crippen molar-refractivity contribution in [3.63, 3.8) is 0 Å². The minimum atomic E-state index is -3.69. The number of ether oxygens (including phenoxy) is 1. The maximum absolute atomic E-state index is 11.9. The number of benzene rings is 1. The molecule has 0 spiro atoms. The fourth-order valence-corrected chi connectivity index (χ4v) is 3.72. The summed E-state index contributed by atoms with van der Waals surface area (Å²) in [6, 6.07) is 6.18. The van der Waals surface area contributed by atoms with Crippen molar-refractivity contribution >= 4 is 43.5 Å². The Hall–Kier alpha value is -1.38. The molecule has 0 fully saturated rings. The Morgan fingerprint density at radius 1 is 1.45 bits per heavy atom. The maximum Gasteiger partial charge on any atom is 0.291 e. The summed E-state index contributed by atoms with van der Waals surface area (Å²) in [6.07, 6.45) is 1.21. The van der Waals surface area contributed by atoms with Gasteiger partial charge in [0.05, 0.1) is 11.6 Å². The first-order valence-corrected chi connectivity index (χ1v) is 8.45. The number of phenols is 1. The van der Waals surface area contributed by atoms with Gasteiger partial charge in [-0.3, -0.25) is 0 Å². The molecule has 0 radical (unpaired) electrons. The maximum atomic E-state index is 11.9. The molecule has 1 aromatic heterocycles. The van der Waals surface area contributed by atoms with Crippen molar-refractivity contribution in [2.75, 3.05) is 7.11 Å². The number of rotatable bonds is 4. The normalized spacial score (nSPS) is 11.9. The molecule has 0 unspecified atom stereocenters. The van der Waals surface area contributed by atoms with Crippen molar-refractivity contribution in [3.8, 4) is 11.5 Å². The van der Waals surface area contributed by atoms with Crippen LogP contribution in [0.4, 0.5) is 0 Å². The number of aromatic hydroxyl groups is 1. The fraction of sp³-hybridized carbons (Fsp3) is 0.0833. The van der Waals surface area contributed by atoms with Crippen molar-refractivity contribution in [3.05, 3.63) is 39.7 Å². The van der Waals surface area contributed by atoms with E-state index in [2.05, 4.69) is 20.3 Å². The minimum absolute atomic E-state index is 0.0502. The van der Waals surface area contributed by atoms with Crippen LogP contribution < -0.4 is 4.74 Å². The Balaban J connectivity index is 2.35. The van der Waals surface area contributed by atoms with Crippen LogP contribution in [-0.2, 0) is 10.0 Å². The van der Waals surface area contributed by atoms with Crippen LogP contribution in [0.25, 0.3) is 0 Å². The number of nitrogens with zero attached hydrogens (tertiary/aromatic N) is 1. The molecule has 0 bridgehead atoms. The number of thiophene rings is 1. The van der Waals surface area contributed by atoms with Gasteiger partial charge in [0.25, 0.3) is 10.0 Å². The van der Waals surface area contributed by atoms with Crippen LogP contribution in [0.5, 0.6) is 11.5 Å². The van der Waals surface area contributed by atoms with Crippen molar-refractivity contribution in [2.45, 2.75) is 4.21 Å². The van der Waals surface area contributed by atoms with E-state index in [0.717, 1.165) is 11.3 Å². The quantitative estimate of drug-likeness (QED) is 0.833. The highest BCUT2D eigenvalue weighted by atomic mass is 79.9. The van der Waals surface area contributed by atoms with Crippen molar-refractivity contribution < 1.29 is 18.3 Å². The van der Waals surface area contributed by atoms with Crippen LogP contribution in [0, 0.1) is 0 Å². The van der Waals surface area contributed by atoms with Gasteiger partial charge >= 0.3 is 0 Å². The van der Waals surface area contributed by atoms with E-state index in [1.54, 1.807) is 17.5 Å². The second-order valence-electron chi connectivity index (χ2n) is 3.70. The van der Waals surface area contributed by atoms with E-state index in [1.807, 2.05) is 0 Å². The smallest absolute Gasteiger partial charge is 0.291 e. The summed E-state index contributed by atoms with van der Waals surface area (Å²) in [4.78, 5) is 0. The largest absolute Gasteiger partial charge is 0.503 e. The van der Waals surface area contributed by atoms with Crippen molar-refractivity contribution in [1.29, 1.82) is 0 Å². The molecule has 0 aliphatic rings. The van der Waals surface area contributed by atoms with Crippen LogP contribution in [0.2, 0.25) is 0 Å². The van der Waals surface area contributed by atoms with E-state index in [9.17, 15) is 13.5 Å². The lowest BCUT2D eigenvalue weighted by molar-refractivity contribution is 0.372. The lowest BCUT2D eigenvalue weighted by atomic mass is 10.2. The van der Waals surface area contributed by atoms with Gasteiger partial charge in [0.15, 0.2) is 11.5 Å². The van der Waals surface area contributed by atoms with Gasteiger partial charge in [0.1, 0.15) is 4.21 Å². The van der Waals surface area contributed by atoms with Gasteiger partial charge in [-0.05, 0) is 45.1 Å². The molecular formula is C12H10BrNO4S2. The third-order valence-electron chi connectivity index (χ3n) is 2.36. The molecule has 0 saturated carbocycles. The van der Waals surface area contributed by atoms with E-state index in [4.69, 9.17) is 4.74 Å². The van der Waals surface area contributed by atoms with Crippen LogP contribution in [0.3, 0.4) is 0 Å². The lowest BCUT2D eigenvalue weighted by Gasteiger charge is -2.06. The van der Waals surface area contributed by atoms with Gasteiger partial charge in [-0.15, -0.1) is 11.3 Å². The number of methoxy groups -OCH3 is 1. The summed E-state index contributed by atoms with van der Waals surface area (Å²) >= 11 is 4.26. The van der Waals surface area contributed by atoms with Crippen LogP contribution in [0.1, 0.15) is 5.56 Å². The summed E-state index contributed by atoms with van der Waals surface area (Å²) in [6.45, 7) is 0. The Kier molecular flexibility index (Phi) is 4.46. The second kappa shape index (κ2) is 5.94. The van der Waals surface area contributed by atoms with E-state index in [1.165, 1.54) is 25.5 Å². The summed E-state index contributed by atoms with van der Waals surface area (Å²) in [5.74, 6) is 0.181. The summed E-state index contributed by atoms with van der Waals surface area (Å²) in [7, 11) is -2.28. The zero-order valence-corrected chi connectivity index (χ0v) is 13.5. The van der Waals surface area contributed by atoms with Crippen molar-refractivity contribution in [2.24, 2.45) is 4.40 Å². The first-order valence-electron chi connectivity index (χ1n) is 5.34. The highest BCUT2D eigenvalue weighted by molar-refractivity contribution is 9.10. The van der Waals surface area contributed by atoms with Crippen LogP contribution in [0.15, 0.2) is 42.7 Å².